The van der Waals surface area contributed by atoms with Gasteiger partial charge in [-0.15, -0.1) is 0 Å². The van der Waals surface area contributed by atoms with E-state index in [1.54, 1.807) is 6.20 Å². The molecule has 2 heterocycles. The van der Waals surface area contributed by atoms with E-state index in [9.17, 15) is 4.79 Å². The first-order chi connectivity index (χ1) is 8.66. The van der Waals surface area contributed by atoms with Crippen molar-refractivity contribution in [2.24, 2.45) is 0 Å². The molecule has 1 amide bonds. The van der Waals surface area contributed by atoms with Gasteiger partial charge in [-0.2, -0.15) is 4.98 Å². The van der Waals surface area contributed by atoms with E-state index in [-0.39, 0.29) is 11.2 Å². The van der Waals surface area contributed by atoms with Gasteiger partial charge in [0.1, 0.15) is 5.82 Å². The molecule has 0 aromatic carbocycles. The Morgan fingerprint density at radius 3 is 3.11 bits per heavy atom. The fraction of sp³-hybridized carbons (Fsp3) is 0.545. The molecule has 98 valence electrons. The minimum atomic E-state index is 0.218. The Kier molecular flexibility index (Phi) is 4.77. The predicted molar refractivity (Wildman–Crippen MR) is 73.7 cm³/mol. The lowest BCUT2D eigenvalue weighted by molar-refractivity contribution is -0.127. The number of rotatable bonds is 5. The molecule has 0 saturated carbocycles. The summed E-state index contributed by atoms with van der Waals surface area (Å²) in [6, 6.07) is 0. The Balaban J connectivity index is 1.75. The summed E-state index contributed by atoms with van der Waals surface area (Å²) in [5.74, 6) is 0.948. The van der Waals surface area contributed by atoms with E-state index in [0.29, 0.717) is 12.2 Å². The second-order valence-corrected chi connectivity index (χ2v) is 5.29. The molecule has 0 aliphatic carbocycles. The summed E-state index contributed by atoms with van der Waals surface area (Å²) >= 11 is 9.06. The van der Waals surface area contributed by atoms with Crippen molar-refractivity contribution < 1.29 is 4.79 Å². The van der Waals surface area contributed by atoms with Crippen molar-refractivity contribution in [1.82, 2.24) is 14.9 Å². The molecule has 2 rings (SSSR count). The summed E-state index contributed by atoms with van der Waals surface area (Å²) in [5.41, 5.74) is 0. The van der Waals surface area contributed by atoms with E-state index in [4.69, 9.17) is 11.6 Å². The average Bonchev–Trinajstić information content (AvgIpc) is 2.75. The van der Waals surface area contributed by atoms with E-state index in [2.05, 4.69) is 31.2 Å². The fourth-order valence-electron chi connectivity index (χ4n) is 1.89. The summed E-state index contributed by atoms with van der Waals surface area (Å²) in [5, 5.41) is 3.39. The largest absolute Gasteiger partial charge is 0.369 e. The van der Waals surface area contributed by atoms with Crippen molar-refractivity contribution in [1.29, 1.82) is 0 Å². The van der Waals surface area contributed by atoms with E-state index >= 15 is 0 Å². The molecule has 0 spiro atoms. The fourth-order valence-corrected chi connectivity index (χ4v) is 2.35. The monoisotopic (exact) mass is 332 g/mol. The van der Waals surface area contributed by atoms with Crippen molar-refractivity contribution in [2.45, 2.75) is 19.3 Å². The van der Waals surface area contributed by atoms with Gasteiger partial charge >= 0.3 is 0 Å². The molecule has 1 fully saturated rings. The molecule has 0 unspecified atom stereocenters. The normalized spacial score (nSPS) is 15.2. The molecule has 18 heavy (non-hydrogen) atoms. The quantitative estimate of drug-likeness (QED) is 0.663. The Morgan fingerprint density at radius 2 is 2.39 bits per heavy atom. The summed E-state index contributed by atoms with van der Waals surface area (Å²) in [7, 11) is 0. The maximum Gasteiger partial charge on any atom is 0.224 e. The zero-order chi connectivity index (χ0) is 13.0. The van der Waals surface area contributed by atoms with E-state index in [0.717, 1.165) is 36.9 Å². The number of carbonyl (C=O) groups is 1. The van der Waals surface area contributed by atoms with Gasteiger partial charge in [0.2, 0.25) is 11.2 Å². The average molecular weight is 334 g/mol. The molecule has 0 bridgehead atoms. The number of nitrogens with zero attached hydrogens (tertiary/aromatic N) is 3. The molecule has 1 aromatic rings. The molecule has 1 N–H and O–H groups in total. The molecular formula is C11H14BrClN4O. The summed E-state index contributed by atoms with van der Waals surface area (Å²) < 4.78 is 0.782. The first kappa shape index (κ1) is 13.5. The molecule has 1 aliphatic rings. The number of nitrogens with one attached hydrogen (secondary N) is 1. The minimum Gasteiger partial charge on any atom is -0.369 e. The van der Waals surface area contributed by atoms with Crippen LogP contribution in [0.4, 0.5) is 5.82 Å². The van der Waals surface area contributed by atoms with E-state index in [1.807, 2.05) is 4.90 Å². The number of hydrogen-bond donors (Lipinski definition) is 1. The highest BCUT2D eigenvalue weighted by Crippen LogP contribution is 2.20. The molecule has 1 saturated heterocycles. The van der Waals surface area contributed by atoms with Crippen LogP contribution in [0.3, 0.4) is 0 Å². The van der Waals surface area contributed by atoms with Gasteiger partial charge < -0.3 is 10.2 Å². The van der Waals surface area contributed by atoms with Crippen LogP contribution in [0, 0.1) is 0 Å². The minimum absolute atomic E-state index is 0.218. The predicted octanol–water partition coefficient (Wildman–Crippen LogP) is 2.32. The van der Waals surface area contributed by atoms with Crippen molar-refractivity contribution >= 4 is 39.3 Å². The summed E-state index contributed by atoms with van der Waals surface area (Å²) in [6.07, 6.45) is 4.18. The zero-order valence-corrected chi connectivity index (χ0v) is 12.2. The molecule has 1 aliphatic heterocycles. The maximum absolute atomic E-state index is 11.4. The second kappa shape index (κ2) is 6.33. The van der Waals surface area contributed by atoms with Gasteiger partial charge in [0.25, 0.3) is 0 Å². The van der Waals surface area contributed by atoms with Crippen LogP contribution in [0.15, 0.2) is 10.7 Å². The number of amides is 1. The van der Waals surface area contributed by atoms with Crippen molar-refractivity contribution in [2.75, 3.05) is 25.0 Å². The third kappa shape index (κ3) is 3.55. The molecule has 0 radical (unpaired) electrons. The van der Waals surface area contributed by atoms with Gasteiger partial charge in [0, 0.05) is 32.3 Å². The Labute approximate surface area is 119 Å². The lowest BCUT2D eigenvalue weighted by atomic mass is 10.4. The maximum atomic E-state index is 11.4. The summed E-state index contributed by atoms with van der Waals surface area (Å²) in [4.78, 5) is 21.2. The molecule has 0 atom stereocenters. The molecule has 7 heteroatoms. The number of anilines is 1. The van der Waals surface area contributed by atoms with Crippen molar-refractivity contribution in [3.8, 4) is 0 Å². The number of halogens is 2. The smallest absolute Gasteiger partial charge is 0.224 e. The van der Waals surface area contributed by atoms with E-state index < -0.39 is 0 Å². The van der Waals surface area contributed by atoms with Gasteiger partial charge in [-0.3, -0.25) is 4.79 Å². The highest BCUT2D eigenvalue weighted by atomic mass is 79.9. The third-order valence-corrected chi connectivity index (χ3v) is 3.55. The highest BCUT2D eigenvalue weighted by molar-refractivity contribution is 9.10. The molecule has 5 nitrogen and oxygen atoms in total. The second-order valence-electron chi connectivity index (χ2n) is 4.10. The lowest BCUT2D eigenvalue weighted by Crippen LogP contribution is -2.27. The van der Waals surface area contributed by atoms with Crippen LogP contribution in [0.25, 0.3) is 0 Å². The molecule has 1 aromatic heterocycles. The number of hydrogen-bond acceptors (Lipinski definition) is 4. The van der Waals surface area contributed by atoms with Crippen LogP contribution in [-0.2, 0) is 4.79 Å². The van der Waals surface area contributed by atoms with Crippen LogP contribution in [-0.4, -0.2) is 40.4 Å². The standard InChI is InChI=1S/C11H14BrClN4O/c12-8-7-15-11(13)16-10(8)14-4-2-6-17-5-1-3-9(17)18/h7H,1-6H2,(H,14,15,16). The summed E-state index contributed by atoms with van der Waals surface area (Å²) in [6.45, 7) is 2.43. The first-order valence-corrected chi connectivity index (χ1v) is 7.03. The van der Waals surface area contributed by atoms with Crippen LogP contribution in [0.2, 0.25) is 5.28 Å². The SMILES string of the molecule is O=C1CCCN1CCCNc1nc(Cl)ncc1Br. The van der Waals surface area contributed by atoms with Crippen LogP contribution >= 0.6 is 27.5 Å². The van der Waals surface area contributed by atoms with Gasteiger partial charge in [-0.05, 0) is 40.4 Å². The van der Waals surface area contributed by atoms with Gasteiger partial charge in [-0.25, -0.2) is 4.98 Å². The van der Waals surface area contributed by atoms with Crippen LogP contribution in [0.1, 0.15) is 19.3 Å². The number of likely N-dealkylation sites (tertiary alicyclic amines) is 1. The Hall–Kier alpha value is -0.880. The van der Waals surface area contributed by atoms with Crippen molar-refractivity contribution in [3.05, 3.63) is 16.0 Å². The number of carbonyl (C=O) groups excluding carboxylic acids is 1. The van der Waals surface area contributed by atoms with Gasteiger partial charge in [0.15, 0.2) is 0 Å². The third-order valence-electron chi connectivity index (χ3n) is 2.78. The highest BCUT2D eigenvalue weighted by Gasteiger charge is 2.18. The number of aromatic nitrogens is 2. The first-order valence-electron chi connectivity index (χ1n) is 5.86. The molecular weight excluding hydrogens is 320 g/mol. The van der Waals surface area contributed by atoms with Crippen LogP contribution in [0.5, 0.6) is 0 Å². The zero-order valence-electron chi connectivity index (χ0n) is 9.83. The van der Waals surface area contributed by atoms with Gasteiger partial charge in [-0.1, -0.05) is 0 Å². The van der Waals surface area contributed by atoms with Crippen LogP contribution < -0.4 is 5.32 Å². The Morgan fingerprint density at radius 1 is 1.56 bits per heavy atom. The van der Waals surface area contributed by atoms with Gasteiger partial charge in [0.05, 0.1) is 4.47 Å². The Bertz CT molecular complexity index is 443. The van der Waals surface area contributed by atoms with E-state index in [1.165, 1.54) is 0 Å². The topological polar surface area (TPSA) is 58.1 Å². The lowest BCUT2D eigenvalue weighted by Gasteiger charge is -2.15. The van der Waals surface area contributed by atoms with Crippen molar-refractivity contribution in [3.63, 3.8) is 0 Å².